The number of nitrogens with two attached hydrogens (primary N) is 1. The van der Waals surface area contributed by atoms with Gasteiger partial charge in [0.05, 0.1) is 5.69 Å². The Balaban J connectivity index is 2.14. The lowest BCUT2D eigenvalue weighted by Crippen LogP contribution is -2.00. The Morgan fingerprint density at radius 3 is 2.83 bits per heavy atom. The van der Waals surface area contributed by atoms with Crippen molar-refractivity contribution in [2.24, 2.45) is 0 Å². The standard InChI is InChI=1S/C14H15BrN2S/c1-9-7-17-13(10(2)14(9)16)8-18-12-5-3-4-11(15)6-12/h3-7H,8H2,1-2H3,(H2,16,17). The molecule has 2 nitrogen and oxygen atoms in total. The number of anilines is 1. The Hall–Kier alpha value is -1.00. The van der Waals surface area contributed by atoms with Gasteiger partial charge in [-0.15, -0.1) is 11.8 Å². The Bertz CT molecular complexity index is 570. The monoisotopic (exact) mass is 322 g/mol. The third-order valence-corrected chi connectivity index (χ3v) is 4.35. The number of benzene rings is 1. The van der Waals surface area contributed by atoms with E-state index in [0.29, 0.717) is 0 Å². The van der Waals surface area contributed by atoms with Crippen molar-refractivity contribution in [1.82, 2.24) is 4.98 Å². The van der Waals surface area contributed by atoms with Gasteiger partial charge in [0.25, 0.3) is 0 Å². The van der Waals surface area contributed by atoms with Gasteiger partial charge in [-0.1, -0.05) is 22.0 Å². The van der Waals surface area contributed by atoms with Crippen LogP contribution in [-0.4, -0.2) is 4.98 Å². The molecule has 94 valence electrons. The molecule has 0 unspecified atom stereocenters. The first-order valence-electron chi connectivity index (χ1n) is 5.67. The van der Waals surface area contributed by atoms with Gasteiger partial charge in [0.2, 0.25) is 0 Å². The zero-order valence-corrected chi connectivity index (χ0v) is 12.8. The molecule has 1 heterocycles. The van der Waals surface area contributed by atoms with Crippen molar-refractivity contribution in [1.29, 1.82) is 0 Å². The number of rotatable bonds is 3. The molecule has 0 aliphatic heterocycles. The minimum Gasteiger partial charge on any atom is -0.398 e. The van der Waals surface area contributed by atoms with Crippen molar-refractivity contribution in [2.75, 3.05) is 5.73 Å². The van der Waals surface area contributed by atoms with E-state index in [2.05, 4.69) is 33.0 Å². The molecule has 0 bridgehead atoms. The van der Waals surface area contributed by atoms with Gasteiger partial charge in [0.1, 0.15) is 0 Å². The minimum atomic E-state index is 0.840. The maximum atomic E-state index is 6.02. The molecule has 0 amide bonds. The molecule has 2 N–H and O–H groups in total. The van der Waals surface area contributed by atoms with Crippen molar-refractivity contribution in [3.63, 3.8) is 0 Å². The zero-order chi connectivity index (χ0) is 13.1. The Morgan fingerprint density at radius 2 is 2.11 bits per heavy atom. The van der Waals surface area contributed by atoms with E-state index in [1.54, 1.807) is 11.8 Å². The molecule has 1 aromatic carbocycles. The molecule has 18 heavy (non-hydrogen) atoms. The zero-order valence-electron chi connectivity index (χ0n) is 10.4. The third kappa shape index (κ3) is 3.06. The average molecular weight is 323 g/mol. The highest BCUT2D eigenvalue weighted by atomic mass is 79.9. The number of nitrogen functional groups attached to an aromatic ring is 1. The van der Waals surface area contributed by atoms with Gasteiger partial charge in [-0.3, -0.25) is 4.98 Å². The maximum Gasteiger partial charge on any atom is 0.0556 e. The summed E-state index contributed by atoms with van der Waals surface area (Å²) in [5.41, 5.74) is 10.1. The maximum absolute atomic E-state index is 6.02. The van der Waals surface area contributed by atoms with Crippen molar-refractivity contribution in [3.05, 3.63) is 51.8 Å². The number of thioether (sulfide) groups is 1. The highest BCUT2D eigenvalue weighted by Crippen LogP contribution is 2.27. The van der Waals surface area contributed by atoms with Gasteiger partial charge in [-0.05, 0) is 43.2 Å². The molecule has 4 heteroatoms. The van der Waals surface area contributed by atoms with Crippen LogP contribution >= 0.6 is 27.7 Å². The van der Waals surface area contributed by atoms with Crippen LogP contribution in [0.2, 0.25) is 0 Å². The van der Waals surface area contributed by atoms with Crippen LogP contribution in [0.1, 0.15) is 16.8 Å². The number of pyridine rings is 1. The smallest absolute Gasteiger partial charge is 0.0556 e. The molecule has 0 radical (unpaired) electrons. The second-order valence-electron chi connectivity index (χ2n) is 4.17. The van der Waals surface area contributed by atoms with Gasteiger partial charge >= 0.3 is 0 Å². The summed E-state index contributed by atoms with van der Waals surface area (Å²) in [4.78, 5) is 5.69. The molecule has 1 aromatic heterocycles. The molecule has 0 aliphatic carbocycles. The molecular weight excluding hydrogens is 308 g/mol. The molecule has 0 spiro atoms. The summed E-state index contributed by atoms with van der Waals surface area (Å²) in [6.07, 6.45) is 1.85. The lowest BCUT2D eigenvalue weighted by atomic mass is 10.1. The lowest BCUT2D eigenvalue weighted by molar-refractivity contribution is 1.11. The second kappa shape index (κ2) is 5.76. The van der Waals surface area contributed by atoms with Crippen LogP contribution in [0, 0.1) is 13.8 Å². The van der Waals surface area contributed by atoms with Gasteiger partial charge in [-0.2, -0.15) is 0 Å². The summed E-state index contributed by atoms with van der Waals surface area (Å²) in [5.74, 6) is 0.840. The van der Waals surface area contributed by atoms with Crippen molar-refractivity contribution in [2.45, 2.75) is 24.5 Å². The Kier molecular flexibility index (Phi) is 4.30. The summed E-state index contributed by atoms with van der Waals surface area (Å²) in [7, 11) is 0. The average Bonchev–Trinajstić information content (AvgIpc) is 2.35. The number of nitrogens with zero attached hydrogens (tertiary/aromatic N) is 1. The van der Waals surface area contributed by atoms with E-state index in [1.165, 1.54) is 4.90 Å². The second-order valence-corrected chi connectivity index (χ2v) is 6.14. The molecule has 0 aliphatic rings. The van der Waals surface area contributed by atoms with Gasteiger partial charge < -0.3 is 5.73 Å². The SMILES string of the molecule is Cc1cnc(CSc2cccc(Br)c2)c(C)c1N. The fourth-order valence-corrected chi connectivity index (χ4v) is 3.18. The lowest BCUT2D eigenvalue weighted by Gasteiger charge is -2.09. The number of aryl methyl sites for hydroxylation is 1. The topological polar surface area (TPSA) is 38.9 Å². The van der Waals surface area contributed by atoms with Crippen LogP contribution < -0.4 is 5.73 Å². The molecule has 0 atom stereocenters. The van der Waals surface area contributed by atoms with Crippen LogP contribution in [0.15, 0.2) is 39.8 Å². The van der Waals surface area contributed by atoms with E-state index in [9.17, 15) is 0 Å². The minimum absolute atomic E-state index is 0.840. The summed E-state index contributed by atoms with van der Waals surface area (Å²) >= 11 is 5.24. The van der Waals surface area contributed by atoms with Crippen molar-refractivity contribution >= 4 is 33.4 Å². The van der Waals surface area contributed by atoms with E-state index in [4.69, 9.17) is 5.73 Å². The first-order chi connectivity index (χ1) is 8.58. The number of aromatic nitrogens is 1. The molecule has 2 rings (SSSR count). The first-order valence-corrected chi connectivity index (χ1v) is 7.44. The quantitative estimate of drug-likeness (QED) is 0.854. The number of halogens is 1. The van der Waals surface area contributed by atoms with Gasteiger partial charge in [0.15, 0.2) is 0 Å². The van der Waals surface area contributed by atoms with Gasteiger partial charge in [0, 0.05) is 27.0 Å². The highest BCUT2D eigenvalue weighted by Gasteiger charge is 2.06. The molecule has 0 saturated heterocycles. The van der Waals surface area contributed by atoms with Crippen molar-refractivity contribution < 1.29 is 0 Å². The van der Waals surface area contributed by atoms with Gasteiger partial charge in [-0.25, -0.2) is 0 Å². The number of hydrogen-bond donors (Lipinski definition) is 1. The largest absolute Gasteiger partial charge is 0.398 e. The normalized spacial score (nSPS) is 10.6. The summed E-state index contributed by atoms with van der Waals surface area (Å²) in [5, 5.41) is 0. The third-order valence-electron chi connectivity index (χ3n) is 2.85. The van der Waals surface area contributed by atoms with Crippen LogP contribution in [0.3, 0.4) is 0 Å². The fourth-order valence-electron chi connectivity index (χ4n) is 1.65. The summed E-state index contributed by atoms with van der Waals surface area (Å²) in [6, 6.07) is 8.27. The van der Waals surface area contributed by atoms with E-state index in [1.807, 2.05) is 32.2 Å². The van der Waals surface area contributed by atoms with E-state index >= 15 is 0 Å². The van der Waals surface area contributed by atoms with E-state index < -0.39 is 0 Å². The van der Waals surface area contributed by atoms with Crippen LogP contribution in [0.25, 0.3) is 0 Å². The molecule has 0 fully saturated rings. The summed E-state index contributed by atoms with van der Waals surface area (Å²) in [6.45, 7) is 4.02. The Morgan fingerprint density at radius 1 is 1.33 bits per heavy atom. The number of hydrogen-bond acceptors (Lipinski definition) is 3. The van der Waals surface area contributed by atoms with E-state index in [-0.39, 0.29) is 0 Å². The van der Waals surface area contributed by atoms with Crippen LogP contribution in [0.5, 0.6) is 0 Å². The first kappa shape index (κ1) is 13.4. The van der Waals surface area contributed by atoms with Crippen LogP contribution in [0.4, 0.5) is 5.69 Å². The Labute approximate surface area is 120 Å². The van der Waals surface area contributed by atoms with E-state index in [0.717, 1.165) is 32.7 Å². The molecule has 2 aromatic rings. The molecule has 0 saturated carbocycles. The predicted octanol–water partition coefficient (Wildman–Crippen LogP) is 4.34. The van der Waals surface area contributed by atoms with Crippen LogP contribution in [-0.2, 0) is 5.75 Å². The van der Waals surface area contributed by atoms with Crippen molar-refractivity contribution in [3.8, 4) is 0 Å². The fraction of sp³-hybridized carbons (Fsp3) is 0.214. The molecular formula is C14H15BrN2S. The summed E-state index contributed by atoms with van der Waals surface area (Å²) < 4.78 is 1.10. The predicted molar refractivity (Wildman–Crippen MR) is 81.8 cm³/mol. The highest BCUT2D eigenvalue weighted by molar-refractivity contribution is 9.10.